The first-order valence-corrected chi connectivity index (χ1v) is 7.65. The van der Waals surface area contributed by atoms with E-state index >= 15 is 0 Å². The molecule has 2 aromatic rings. The second-order valence-corrected chi connectivity index (χ2v) is 6.33. The van der Waals surface area contributed by atoms with Crippen molar-refractivity contribution in [2.75, 3.05) is 30.3 Å². The Morgan fingerprint density at radius 1 is 1.32 bits per heavy atom. The molecule has 0 unspecified atom stereocenters. The minimum absolute atomic E-state index is 0.0488. The number of nitrogen functional groups attached to an aromatic ring is 1. The van der Waals surface area contributed by atoms with E-state index in [1.54, 1.807) is 11.0 Å². The number of rotatable bonds is 1. The highest BCUT2D eigenvalue weighted by Crippen LogP contribution is 2.22. The van der Waals surface area contributed by atoms with Crippen molar-refractivity contribution < 1.29 is 9.00 Å². The number of fused-ring (bicyclic) bond motifs is 1. The zero-order chi connectivity index (χ0) is 13.4. The smallest absolute Gasteiger partial charge is 0.270 e. The van der Waals surface area contributed by atoms with E-state index in [1.807, 2.05) is 18.2 Å². The lowest BCUT2D eigenvalue weighted by Gasteiger charge is -2.25. The van der Waals surface area contributed by atoms with Gasteiger partial charge in [-0.3, -0.25) is 9.00 Å². The molecule has 0 bridgehead atoms. The van der Waals surface area contributed by atoms with Gasteiger partial charge in [-0.2, -0.15) is 0 Å². The van der Waals surface area contributed by atoms with E-state index in [1.165, 1.54) is 0 Å². The van der Waals surface area contributed by atoms with Gasteiger partial charge in [0.05, 0.1) is 11.2 Å². The number of aromatic amines is 1. The Hall–Kier alpha value is -1.82. The number of amides is 1. The van der Waals surface area contributed by atoms with Crippen molar-refractivity contribution in [2.24, 2.45) is 0 Å². The summed E-state index contributed by atoms with van der Waals surface area (Å²) in [4.78, 5) is 17.2. The highest BCUT2D eigenvalue weighted by atomic mass is 32.2. The molecule has 6 heteroatoms. The van der Waals surface area contributed by atoms with Crippen LogP contribution in [0.15, 0.2) is 24.3 Å². The number of nitrogens with two attached hydrogens (primary N) is 1. The maximum atomic E-state index is 12.3. The molecule has 3 N–H and O–H groups in total. The van der Waals surface area contributed by atoms with Gasteiger partial charge < -0.3 is 15.6 Å². The zero-order valence-corrected chi connectivity index (χ0v) is 11.2. The van der Waals surface area contributed by atoms with E-state index in [0.29, 0.717) is 36.0 Å². The van der Waals surface area contributed by atoms with E-state index in [4.69, 9.17) is 5.73 Å². The third-order valence-electron chi connectivity index (χ3n) is 3.38. The molecule has 0 atom stereocenters. The number of hydrogen-bond donors (Lipinski definition) is 2. The van der Waals surface area contributed by atoms with Crippen LogP contribution in [0.2, 0.25) is 0 Å². The van der Waals surface area contributed by atoms with Crippen LogP contribution in [0.1, 0.15) is 10.5 Å². The highest BCUT2D eigenvalue weighted by molar-refractivity contribution is 7.85. The molecule has 0 aliphatic carbocycles. The summed E-state index contributed by atoms with van der Waals surface area (Å²) in [7, 11) is -0.776. The number of para-hydroxylation sites is 1. The molecule has 1 fully saturated rings. The van der Waals surface area contributed by atoms with Gasteiger partial charge in [0.15, 0.2) is 0 Å². The number of hydrogen-bond acceptors (Lipinski definition) is 3. The van der Waals surface area contributed by atoms with E-state index in [-0.39, 0.29) is 5.91 Å². The third kappa shape index (κ3) is 2.23. The van der Waals surface area contributed by atoms with Crippen molar-refractivity contribution >= 4 is 33.3 Å². The van der Waals surface area contributed by atoms with Crippen molar-refractivity contribution in [3.8, 4) is 0 Å². The molecule has 19 heavy (non-hydrogen) atoms. The fourth-order valence-corrected chi connectivity index (χ4v) is 3.36. The van der Waals surface area contributed by atoms with Crippen molar-refractivity contribution in [1.29, 1.82) is 0 Å². The van der Waals surface area contributed by atoms with E-state index < -0.39 is 10.8 Å². The lowest BCUT2D eigenvalue weighted by atomic mass is 10.2. The topological polar surface area (TPSA) is 79.2 Å². The summed E-state index contributed by atoms with van der Waals surface area (Å²) in [5, 5.41) is 0.934. The second-order valence-electron chi connectivity index (χ2n) is 4.63. The molecule has 1 aromatic heterocycles. The lowest BCUT2D eigenvalue weighted by molar-refractivity contribution is 0.0766. The lowest BCUT2D eigenvalue weighted by Crippen LogP contribution is -2.41. The second kappa shape index (κ2) is 4.70. The molecule has 5 nitrogen and oxygen atoms in total. The molecular weight excluding hydrogens is 262 g/mol. The Morgan fingerprint density at radius 2 is 2.05 bits per heavy atom. The van der Waals surface area contributed by atoms with Gasteiger partial charge in [0.2, 0.25) is 0 Å². The SMILES string of the molecule is Nc1cccc2cc(C(=O)N3CCS(=O)CC3)[nH]c12. The predicted molar refractivity (Wildman–Crippen MR) is 76.5 cm³/mol. The normalized spacial score (nSPS) is 16.9. The average molecular weight is 277 g/mol. The summed E-state index contributed by atoms with van der Waals surface area (Å²) < 4.78 is 11.3. The van der Waals surface area contributed by atoms with Crippen LogP contribution >= 0.6 is 0 Å². The Bertz CT molecular complexity index is 655. The molecule has 1 amide bonds. The van der Waals surface area contributed by atoms with Crippen LogP contribution < -0.4 is 5.73 Å². The Morgan fingerprint density at radius 3 is 2.74 bits per heavy atom. The van der Waals surface area contributed by atoms with Gasteiger partial charge in [0.1, 0.15) is 5.69 Å². The summed E-state index contributed by atoms with van der Waals surface area (Å²) in [5.74, 6) is 1.08. The molecule has 0 spiro atoms. The van der Waals surface area contributed by atoms with Crippen LogP contribution in [0.3, 0.4) is 0 Å². The van der Waals surface area contributed by atoms with Crippen molar-refractivity contribution in [2.45, 2.75) is 0 Å². The molecule has 2 heterocycles. The van der Waals surface area contributed by atoms with E-state index in [9.17, 15) is 9.00 Å². The first kappa shape index (κ1) is 12.2. The minimum Gasteiger partial charge on any atom is -0.397 e. The maximum Gasteiger partial charge on any atom is 0.270 e. The monoisotopic (exact) mass is 277 g/mol. The standard InChI is InChI=1S/C13H15N3O2S/c14-10-3-1-2-9-8-11(15-12(9)10)13(17)16-4-6-19(18)7-5-16/h1-3,8,15H,4-7,14H2. The number of anilines is 1. The van der Waals surface area contributed by atoms with Crippen LogP contribution in [0.4, 0.5) is 5.69 Å². The largest absolute Gasteiger partial charge is 0.397 e. The van der Waals surface area contributed by atoms with Gasteiger partial charge in [-0.25, -0.2) is 0 Å². The summed E-state index contributed by atoms with van der Waals surface area (Å²) in [6, 6.07) is 7.41. The van der Waals surface area contributed by atoms with Crippen LogP contribution in [0.25, 0.3) is 10.9 Å². The molecule has 1 saturated heterocycles. The quantitative estimate of drug-likeness (QED) is 0.762. The minimum atomic E-state index is -0.776. The molecule has 1 aliphatic heterocycles. The number of carbonyl (C=O) groups is 1. The van der Waals surface area contributed by atoms with Gasteiger partial charge in [-0.15, -0.1) is 0 Å². The molecular formula is C13H15N3O2S. The highest BCUT2D eigenvalue weighted by Gasteiger charge is 2.22. The molecule has 100 valence electrons. The van der Waals surface area contributed by atoms with Crippen molar-refractivity contribution in [1.82, 2.24) is 9.88 Å². The van der Waals surface area contributed by atoms with Crippen LogP contribution in [-0.4, -0.2) is 44.6 Å². The fraction of sp³-hybridized carbons (Fsp3) is 0.308. The average Bonchev–Trinajstić information content (AvgIpc) is 2.84. The summed E-state index contributed by atoms with van der Waals surface area (Å²) >= 11 is 0. The number of nitrogens with zero attached hydrogens (tertiary/aromatic N) is 1. The van der Waals surface area contributed by atoms with Gasteiger partial charge >= 0.3 is 0 Å². The predicted octanol–water partition coefficient (Wildman–Crippen LogP) is 0.955. The first-order chi connectivity index (χ1) is 9.15. The number of aromatic nitrogens is 1. The number of nitrogens with one attached hydrogen (secondary N) is 1. The zero-order valence-electron chi connectivity index (χ0n) is 10.4. The van der Waals surface area contributed by atoms with Crippen molar-refractivity contribution in [3.63, 3.8) is 0 Å². The molecule has 3 rings (SSSR count). The summed E-state index contributed by atoms with van der Waals surface area (Å²) in [6.07, 6.45) is 0. The molecule has 1 aromatic carbocycles. The Labute approximate surface area is 113 Å². The van der Waals surface area contributed by atoms with E-state index in [0.717, 1.165) is 10.9 Å². The van der Waals surface area contributed by atoms with Crippen LogP contribution in [-0.2, 0) is 10.8 Å². The number of H-pyrrole nitrogens is 1. The molecule has 0 radical (unpaired) electrons. The van der Waals surface area contributed by atoms with Crippen LogP contribution in [0.5, 0.6) is 0 Å². The molecule has 0 saturated carbocycles. The van der Waals surface area contributed by atoms with Crippen molar-refractivity contribution in [3.05, 3.63) is 30.0 Å². The molecule has 1 aliphatic rings. The fourth-order valence-electron chi connectivity index (χ4n) is 2.31. The Balaban J connectivity index is 1.89. The summed E-state index contributed by atoms with van der Waals surface area (Å²) in [6.45, 7) is 1.10. The van der Waals surface area contributed by atoms with Gasteiger partial charge in [0, 0.05) is 40.8 Å². The number of benzene rings is 1. The summed E-state index contributed by atoms with van der Waals surface area (Å²) in [5.41, 5.74) is 7.85. The van der Waals surface area contributed by atoms with Gasteiger partial charge in [-0.05, 0) is 12.1 Å². The van der Waals surface area contributed by atoms with Crippen LogP contribution in [0, 0.1) is 0 Å². The first-order valence-electron chi connectivity index (χ1n) is 6.16. The Kier molecular flexibility index (Phi) is 3.02. The maximum absolute atomic E-state index is 12.3. The number of carbonyl (C=O) groups excluding carboxylic acids is 1. The third-order valence-corrected chi connectivity index (χ3v) is 4.66. The van der Waals surface area contributed by atoms with Gasteiger partial charge in [-0.1, -0.05) is 12.1 Å². The van der Waals surface area contributed by atoms with E-state index in [2.05, 4.69) is 4.98 Å². The van der Waals surface area contributed by atoms with Gasteiger partial charge in [0.25, 0.3) is 5.91 Å².